The molecule has 2 N–H and O–H groups in total. The van der Waals surface area contributed by atoms with Gasteiger partial charge in [-0.25, -0.2) is 8.78 Å². The number of rotatable bonds is 2. The van der Waals surface area contributed by atoms with Gasteiger partial charge in [0.25, 0.3) is 12.3 Å². The molecule has 3 nitrogen and oxygen atoms in total. The fraction of sp³-hybridized carbons (Fsp3) is 0.250. The summed E-state index contributed by atoms with van der Waals surface area (Å²) in [5, 5.41) is 0. The lowest BCUT2D eigenvalue weighted by atomic mass is 10.1. The van der Waals surface area contributed by atoms with E-state index in [-0.39, 0.29) is 6.20 Å². The molecule has 0 aliphatic rings. The van der Waals surface area contributed by atoms with Gasteiger partial charge < -0.3 is 5.73 Å². The number of halogens is 5. The van der Waals surface area contributed by atoms with Gasteiger partial charge in [0.05, 0.1) is 5.56 Å². The zero-order valence-corrected chi connectivity index (χ0v) is 7.55. The Morgan fingerprint density at radius 3 is 2.31 bits per heavy atom. The van der Waals surface area contributed by atoms with Crippen LogP contribution in [0.3, 0.4) is 0 Å². The van der Waals surface area contributed by atoms with Gasteiger partial charge in [0.2, 0.25) is 0 Å². The van der Waals surface area contributed by atoms with E-state index in [2.05, 4.69) is 4.98 Å². The van der Waals surface area contributed by atoms with Crippen LogP contribution in [0.25, 0.3) is 0 Å². The Balaban J connectivity index is 3.37. The first-order valence-corrected chi connectivity index (χ1v) is 3.88. The maximum atomic E-state index is 12.3. The lowest BCUT2D eigenvalue weighted by Gasteiger charge is -2.12. The second kappa shape index (κ2) is 4.03. The summed E-state index contributed by atoms with van der Waals surface area (Å²) in [6.07, 6.45) is -8.14. The number of carbonyl (C=O) groups excluding carboxylic acids is 1. The molecule has 0 saturated carbocycles. The maximum absolute atomic E-state index is 12.3. The Morgan fingerprint density at radius 2 is 1.94 bits per heavy atom. The van der Waals surface area contributed by atoms with E-state index in [4.69, 9.17) is 5.73 Å². The predicted molar refractivity (Wildman–Crippen MR) is 42.7 cm³/mol. The summed E-state index contributed by atoms with van der Waals surface area (Å²) in [4.78, 5) is 13.6. The highest BCUT2D eigenvalue weighted by molar-refractivity contribution is 5.90. The summed E-state index contributed by atoms with van der Waals surface area (Å²) >= 11 is 0. The average molecular weight is 240 g/mol. The van der Waals surface area contributed by atoms with Crippen LogP contribution < -0.4 is 5.73 Å². The summed E-state index contributed by atoms with van der Waals surface area (Å²) in [6, 6.07) is 0.343. The van der Waals surface area contributed by atoms with Gasteiger partial charge >= 0.3 is 6.18 Å². The van der Waals surface area contributed by atoms with E-state index in [1.807, 2.05) is 0 Å². The van der Waals surface area contributed by atoms with E-state index < -0.39 is 35.3 Å². The Kier molecular flexibility index (Phi) is 3.11. The number of nitrogens with two attached hydrogens (primary N) is 1. The van der Waals surface area contributed by atoms with Crippen molar-refractivity contribution >= 4 is 5.91 Å². The summed E-state index contributed by atoms with van der Waals surface area (Å²) in [5.41, 5.74) is 1.19. The molecule has 0 atom stereocenters. The molecule has 0 bridgehead atoms. The number of pyridine rings is 1. The van der Waals surface area contributed by atoms with Gasteiger partial charge in [0.15, 0.2) is 0 Å². The molecular formula is C8H5F5N2O. The Labute approximate surface area is 86.1 Å². The highest BCUT2D eigenvalue weighted by atomic mass is 19.4. The van der Waals surface area contributed by atoms with Gasteiger partial charge in [0, 0.05) is 11.8 Å². The first-order chi connectivity index (χ1) is 7.23. The van der Waals surface area contributed by atoms with Crippen LogP contribution in [0.4, 0.5) is 22.0 Å². The molecule has 0 unspecified atom stereocenters. The molecule has 0 fully saturated rings. The van der Waals surface area contributed by atoms with Crippen LogP contribution >= 0.6 is 0 Å². The third-order valence-electron chi connectivity index (χ3n) is 1.73. The first kappa shape index (κ1) is 12.3. The molecule has 0 aliphatic heterocycles. The van der Waals surface area contributed by atoms with Crippen molar-refractivity contribution < 1.29 is 26.7 Å². The normalized spacial score (nSPS) is 11.9. The number of amides is 1. The van der Waals surface area contributed by atoms with Crippen LogP contribution in [-0.2, 0) is 6.18 Å². The summed E-state index contributed by atoms with van der Waals surface area (Å²) < 4.78 is 61.4. The number of hydrogen-bond donors (Lipinski definition) is 1. The van der Waals surface area contributed by atoms with E-state index >= 15 is 0 Å². The molecule has 0 saturated heterocycles. The smallest absolute Gasteiger partial charge is 0.364 e. The van der Waals surface area contributed by atoms with Crippen molar-refractivity contribution in [3.8, 4) is 0 Å². The Hall–Kier alpha value is -1.73. The van der Waals surface area contributed by atoms with Gasteiger partial charge in [-0.05, 0) is 6.07 Å². The van der Waals surface area contributed by atoms with E-state index in [1.165, 1.54) is 0 Å². The molecule has 0 radical (unpaired) electrons. The largest absolute Gasteiger partial charge is 0.418 e. The Morgan fingerprint density at radius 1 is 1.38 bits per heavy atom. The number of nitrogens with zero attached hydrogens (tertiary/aromatic N) is 1. The molecule has 0 spiro atoms. The third-order valence-corrected chi connectivity index (χ3v) is 1.73. The van der Waals surface area contributed by atoms with E-state index in [0.29, 0.717) is 6.07 Å². The van der Waals surface area contributed by atoms with Crippen molar-refractivity contribution in [2.24, 2.45) is 5.73 Å². The fourth-order valence-corrected chi connectivity index (χ4v) is 1.02. The quantitative estimate of drug-likeness (QED) is 0.805. The summed E-state index contributed by atoms with van der Waals surface area (Å²) in [7, 11) is 0. The molecule has 1 rings (SSSR count). The van der Waals surface area contributed by atoms with Gasteiger partial charge in [-0.3, -0.25) is 9.78 Å². The molecule has 1 amide bonds. The van der Waals surface area contributed by atoms with Crippen LogP contribution in [0.15, 0.2) is 12.3 Å². The van der Waals surface area contributed by atoms with Crippen molar-refractivity contribution in [1.29, 1.82) is 0 Å². The molecule has 16 heavy (non-hydrogen) atoms. The SMILES string of the molecule is NC(=O)c1cc(C(F)F)c(C(F)(F)F)cn1. The minimum atomic E-state index is -4.95. The summed E-state index contributed by atoms with van der Waals surface area (Å²) in [5.74, 6) is -1.17. The van der Waals surface area contributed by atoms with Crippen molar-refractivity contribution in [1.82, 2.24) is 4.98 Å². The van der Waals surface area contributed by atoms with Crippen LogP contribution in [0.5, 0.6) is 0 Å². The zero-order chi connectivity index (χ0) is 12.5. The van der Waals surface area contributed by atoms with Crippen molar-refractivity contribution in [2.75, 3.05) is 0 Å². The maximum Gasteiger partial charge on any atom is 0.418 e. The highest BCUT2D eigenvalue weighted by Crippen LogP contribution is 2.35. The van der Waals surface area contributed by atoms with E-state index in [0.717, 1.165) is 0 Å². The van der Waals surface area contributed by atoms with E-state index in [9.17, 15) is 26.7 Å². The topological polar surface area (TPSA) is 56.0 Å². The van der Waals surface area contributed by atoms with Gasteiger partial charge in [0.1, 0.15) is 5.69 Å². The number of carbonyl (C=O) groups is 1. The second-order valence-electron chi connectivity index (χ2n) is 2.82. The monoisotopic (exact) mass is 240 g/mol. The van der Waals surface area contributed by atoms with Crippen molar-refractivity contribution in [3.05, 3.63) is 29.1 Å². The first-order valence-electron chi connectivity index (χ1n) is 3.88. The van der Waals surface area contributed by atoms with Crippen LogP contribution in [0, 0.1) is 0 Å². The van der Waals surface area contributed by atoms with E-state index in [1.54, 1.807) is 0 Å². The number of hydrogen-bond acceptors (Lipinski definition) is 2. The molecular weight excluding hydrogens is 235 g/mol. The highest BCUT2D eigenvalue weighted by Gasteiger charge is 2.36. The number of aromatic nitrogens is 1. The standard InChI is InChI=1S/C8H5F5N2O/c9-6(10)3-1-5(7(14)16)15-2-4(3)8(11,12)13/h1-2,6H,(H2,14,16). The molecule has 0 aliphatic carbocycles. The van der Waals surface area contributed by atoms with Crippen molar-refractivity contribution in [2.45, 2.75) is 12.6 Å². The zero-order valence-electron chi connectivity index (χ0n) is 7.55. The minimum absolute atomic E-state index is 0.168. The number of primary amides is 1. The van der Waals surface area contributed by atoms with Crippen molar-refractivity contribution in [3.63, 3.8) is 0 Å². The fourth-order valence-electron chi connectivity index (χ4n) is 1.02. The van der Waals surface area contributed by atoms with Gasteiger partial charge in [-0.15, -0.1) is 0 Å². The lowest BCUT2D eigenvalue weighted by molar-refractivity contribution is -0.139. The Bertz CT molecular complexity index is 415. The van der Waals surface area contributed by atoms with Crippen LogP contribution in [-0.4, -0.2) is 10.9 Å². The molecule has 1 aromatic rings. The molecule has 8 heteroatoms. The third kappa shape index (κ3) is 2.44. The minimum Gasteiger partial charge on any atom is -0.364 e. The molecule has 0 aromatic carbocycles. The lowest BCUT2D eigenvalue weighted by Crippen LogP contribution is -2.17. The average Bonchev–Trinajstić information content (AvgIpc) is 2.15. The van der Waals surface area contributed by atoms with Crippen LogP contribution in [0.1, 0.15) is 28.0 Å². The number of alkyl halides is 5. The summed E-state index contributed by atoms with van der Waals surface area (Å²) in [6.45, 7) is 0. The molecule has 88 valence electrons. The van der Waals surface area contributed by atoms with Gasteiger partial charge in [-0.2, -0.15) is 13.2 Å². The second-order valence-corrected chi connectivity index (χ2v) is 2.82. The predicted octanol–water partition coefficient (Wildman–Crippen LogP) is 2.14. The van der Waals surface area contributed by atoms with Gasteiger partial charge in [-0.1, -0.05) is 0 Å². The molecule has 1 aromatic heterocycles. The molecule has 1 heterocycles. The van der Waals surface area contributed by atoms with Crippen LogP contribution in [0.2, 0.25) is 0 Å².